The molecule has 0 aliphatic carbocycles. The highest BCUT2D eigenvalue weighted by Crippen LogP contribution is 2.29. The number of rotatable bonds is 3. The van der Waals surface area contributed by atoms with Crippen LogP contribution in [0.3, 0.4) is 0 Å². The molecule has 0 aliphatic heterocycles. The lowest BCUT2D eigenvalue weighted by atomic mass is 10.0. The Morgan fingerprint density at radius 3 is 2.14 bits per heavy atom. The fraction of sp³-hybridized carbons (Fsp3) is 0.133. The van der Waals surface area contributed by atoms with Crippen LogP contribution in [0.1, 0.15) is 21.5 Å². The summed E-state index contributed by atoms with van der Waals surface area (Å²) < 4.78 is 63.6. The van der Waals surface area contributed by atoms with Crippen molar-refractivity contribution < 1.29 is 26.7 Å². The molecule has 2 rings (SSSR count). The standard InChI is InChI=1S/C15H9F5O/c16-11-5-6-13(17)12(8-11)14(21)7-9-1-3-10(4-2-9)15(18,19)20/h1-6,8H,7H2. The van der Waals surface area contributed by atoms with Crippen molar-refractivity contribution in [3.05, 3.63) is 70.8 Å². The van der Waals surface area contributed by atoms with Gasteiger partial charge in [-0.1, -0.05) is 12.1 Å². The van der Waals surface area contributed by atoms with Gasteiger partial charge in [-0.3, -0.25) is 4.79 Å². The lowest BCUT2D eigenvalue weighted by Gasteiger charge is -2.07. The molecule has 0 atom stereocenters. The van der Waals surface area contributed by atoms with E-state index in [9.17, 15) is 26.7 Å². The number of ketones is 1. The Balaban J connectivity index is 2.18. The first-order chi connectivity index (χ1) is 9.77. The molecule has 0 saturated carbocycles. The SMILES string of the molecule is O=C(Cc1ccc(C(F)(F)F)cc1)c1cc(F)ccc1F. The maximum absolute atomic E-state index is 13.4. The summed E-state index contributed by atoms with van der Waals surface area (Å²) >= 11 is 0. The number of benzene rings is 2. The van der Waals surface area contributed by atoms with Gasteiger partial charge in [0.25, 0.3) is 0 Å². The third-order valence-electron chi connectivity index (χ3n) is 2.87. The molecule has 0 heterocycles. The summed E-state index contributed by atoms with van der Waals surface area (Å²) in [6.07, 6.45) is -4.77. The minimum atomic E-state index is -4.46. The van der Waals surface area contributed by atoms with E-state index in [1.807, 2.05) is 0 Å². The van der Waals surface area contributed by atoms with E-state index < -0.39 is 34.7 Å². The van der Waals surface area contributed by atoms with E-state index in [1.165, 1.54) is 0 Å². The van der Waals surface area contributed by atoms with Gasteiger partial charge in [0.2, 0.25) is 0 Å². The number of carbonyl (C=O) groups is 1. The van der Waals surface area contributed by atoms with E-state index in [-0.39, 0.29) is 12.0 Å². The normalized spacial score (nSPS) is 11.5. The van der Waals surface area contributed by atoms with Crippen molar-refractivity contribution in [2.45, 2.75) is 12.6 Å². The van der Waals surface area contributed by atoms with Gasteiger partial charge in [-0.25, -0.2) is 8.78 Å². The third kappa shape index (κ3) is 3.65. The monoisotopic (exact) mass is 300 g/mol. The Morgan fingerprint density at radius 2 is 1.57 bits per heavy atom. The molecule has 0 aromatic heterocycles. The molecule has 0 fully saturated rings. The molecular formula is C15H9F5O. The van der Waals surface area contributed by atoms with Crippen molar-refractivity contribution in [3.63, 3.8) is 0 Å². The molecule has 0 N–H and O–H groups in total. The van der Waals surface area contributed by atoms with E-state index in [4.69, 9.17) is 0 Å². The van der Waals surface area contributed by atoms with Crippen LogP contribution in [-0.2, 0) is 12.6 Å². The van der Waals surface area contributed by atoms with Crippen LogP contribution in [0.5, 0.6) is 0 Å². The van der Waals surface area contributed by atoms with E-state index in [1.54, 1.807) is 0 Å². The van der Waals surface area contributed by atoms with Crippen LogP contribution < -0.4 is 0 Å². The van der Waals surface area contributed by atoms with E-state index in [0.29, 0.717) is 0 Å². The summed E-state index contributed by atoms with van der Waals surface area (Å²) in [6, 6.07) is 6.42. The number of halogens is 5. The molecule has 110 valence electrons. The Morgan fingerprint density at radius 1 is 0.952 bits per heavy atom. The zero-order valence-corrected chi connectivity index (χ0v) is 10.5. The van der Waals surface area contributed by atoms with Gasteiger partial charge in [0.05, 0.1) is 11.1 Å². The van der Waals surface area contributed by atoms with Gasteiger partial charge in [-0.2, -0.15) is 13.2 Å². The van der Waals surface area contributed by atoms with E-state index in [0.717, 1.165) is 42.5 Å². The van der Waals surface area contributed by atoms with Crippen molar-refractivity contribution in [2.75, 3.05) is 0 Å². The number of alkyl halides is 3. The largest absolute Gasteiger partial charge is 0.416 e. The van der Waals surface area contributed by atoms with Crippen molar-refractivity contribution in [2.24, 2.45) is 0 Å². The van der Waals surface area contributed by atoms with Crippen LogP contribution in [0.15, 0.2) is 42.5 Å². The number of carbonyl (C=O) groups excluding carboxylic acids is 1. The lowest BCUT2D eigenvalue weighted by molar-refractivity contribution is -0.137. The third-order valence-corrected chi connectivity index (χ3v) is 2.87. The highest BCUT2D eigenvalue weighted by Gasteiger charge is 2.30. The summed E-state index contributed by atoms with van der Waals surface area (Å²) in [5.74, 6) is -2.33. The van der Waals surface area contributed by atoms with Crippen LogP contribution in [0, 0.1) is 11.6 Å². The van der Waals surface area contributed by atoms with Crippen LogP contribution in [-0.4, -0.2) is 5.78 Å². The summed E-state index contributed by atoms with van der Waals surface area (Å²) in [4.78, 5) is 11.8. The average molecular weight is 300 g/mol. The zero-order chi connectivity index (χ0) is 15.6. The molecule has 0 aliphatic rings. The van der Waals surface area contributed by atoms with E-state index in [2.05, 4.69) is 0 Å². The van der Waals surface area contributed by atoms with Crippen molar-refractivity contribution >= 4 is 5.78 Å². The van der Waals surface area contributed by atoms with Crippen molar-refractivity contribution in [3.8, 4) is 0 Å². The summed E-state index contributed by atoms with van der Waals surface area (Å²) in [5, 5.41) is 0. The second-order valence-corrected chi connectivity index (χ2v) is 4.42. The Hall–Kier alpha value is -2.24. The maximum Gasteiger partial charge on any atom is 0.416 e. The van der Waals surface area contributed by atoms with Crippen LogP contribution in [0.25, 0.3) is 0 Å². The second kappa shape index (κ2) is 5.63. The molecule has 0 amide bonds. The van der Waals surface area contributed by atoms with Crippen molar-refractivity contribution in [1.82, 2.24) is 0 Å². The lowest BCUT2D eigenvalue weighted by Crippen LogP contribution is -2.08. The average Bonchev–Trinajstić information content (AvgIpc) is 2.41. The highest BCUT2D eigenvalue weighted by atomic mass is 19.4. The number of Topliss-reactive ketones (excluding diaryl/α,β-unsaturated/α-hetero) is 1. The molecule has 2 aromatic rings. The number of hydrogen-bond acceptors (Lipinski definition) is 1. The minimum absolute atomic E-state index is 0.289. The fourth-order valence-electron chi connectivity index (χ4n) is 1.80. The second-order valence-electron chi connectivity index (χ2n) is 4.42. The Bertz CT molecular complexity index is 659. The van der Waals surface area contributed by atoms with Crippen molar-refractivity contribution in [1.29, 1.82) is 0 Å². The molecule has 0 unspecified atom stereocenters. The molecule has 0 radical (unpaired) electrons. The molecule has 6 heteroatoms. The first-order valence-electron chi connectivity index (χ1n) is 5.92. The van der Waals surface area contributed by atoms with Crippen LogP contribution in [0.4, 0.5) is 22.0 Å². The highest BCUT2D eigenvalue weighted by molar-refractivity contribution is 5.97. The molecule has 1 nitrogen and oxygen atoms in total. The summed E-state index contributed by atoms with van der Waals surface area (Å²) in [5.41, 5.74) is -0.970. The number of hydrogen-bond donors (Lipinski definition) is 0. The topological polar surface area (TPSA) is 17.1 Å². The molecule has 21 heavy (non-hydrogen) atoms. The maximum atomic E-state index is 13.4. The van der Waals surface area contributed by atoms with E-state index >= 15 is 0 Å². The summed E-state index contributed by atoms with van der Waals surface area (Å²) in [6.45, 7) is 0. The van der Waals surface area contributed by atoms with Crippen LogP contribution >= 0.6 is 0 Å². The first kappa shape index (κ1) is 15.2. The molecule has 0 saturated heterocycles. The smallest absolute Gasteiger partial charge is 0.294 e. The van der Waals surface area contributed by atoms with Gasteiger partial charge in [0, 0.05) is 6.42 Å². The van der Waals surface area contributed by atoms with Gasteiger partial charge in [0.15, 0.2) is 5.78 Å². The van der Waals surface area contributed by atoms with Gasteiger partial charge in [-0.15, -0.1) is 0 Å². The Kier molecular flexibility index (Phi) is 4.06. The van der Waals surface area contributed by atoms with Gasteiger partial charge < -0.3 is 0 Å². The Labute approximate surface area is 117 Å². The summed E-state index contributed by atoms with van der Waals surface area (Å²) in [7, 11) is 0. The fourth-order valence-corrected chi connectivity index (χ4v) is 1.80. The molecule has 0 spiro atoms. The van der Waals surface area contributed by atoms with Crippen LogP contribution in [0.2, 0.25) is 0 Å². The molecule has 0 bridgehead atoms. The molecular weight excluding hydrogens is 291 g/mol. The minimum Gasteiger partial charge on any atom is -0.294 e. The zero-order valence-electron chi connectivity index (χ0n) is 10.5. The predicted molar refractivity (Wildman–Crippen MR) is 65.8 cm³/mol. The van der Waals surface area contributed by atoms with Gasteiger partial charge in [0.1, 0.15) is 11.6 Å². The molecule has 2 aromatic carbocycles. The first-order valence-corrected chi connectivity index (χ1v) is 5.92. The predicted octanol–water partition coefficient (Wildman–Crippen LogP) is 4.41. The quantitative estimate of drug-likeness (QED) is 0.606. The van der Waals surface area contributed by atoms with Gasteiger partial charge >= 0.3 is 6.18 Å². The van der Waals surface area contributed by atoms with Gasteiger partial charge in [-0.05, 0) is 35.9 Å².